The number of hydrogen-bond acceptors (Lipinski definition) is 7. The van der Waals surface area contributed by atoms with Crippen LogP contribution in [0.2, 0.25) is 0 Å². The molecule has 1 fully saturated rings. The first-order chi connectivity index (χ1) is 11.7. The molecule has 1 N–H and O–H groups in total. The molecule has 1 saturated heterocycles. The monoisotopic (exact) mass is 380 g/mol. The average molecular weight is 381 g/mol. The number of benzene rings is 1. The first kappa shape index (κ1) is 17.2. The first-order valence-electron chi connectivity index (χ1n) is 7.36. The standard InChI is InChI=1S/C15H16N4O2S3/c1-22-14-17-18-15(24-14)23-9-12(20)16-10-4-6-11(7-5-10)19-8-2-3-13(19)21/h4-7H,2-3,8-9H2,1H3,(H,16,20). The molecular weight excluding hydrogens is 364 g/mol. The Bertz CT molecular complexity index is 733. The van der Waals surface area contributed by atoms with Crippen LogP contribution in [-0.4, -0.2) is 40.6 Å². The van der Waals surface area contributed by atoms with Crippen LogP contribution in [0, 0.1) is 0 Å². The zero-order valence-corrected chi connectivity index (χ0v) is 15.5. The highest BCUT2D eigenvalue weighted by Gasteiger charge is 2.21. The molecule has 1 aromatic carbocycles. The molecule has 0 aliphatic carbocycles. The second kappa shape index (κ2) is 8.00. The highest BCUT2D eigenvalue weighted by Crippen LogP contribution is 2.27. The highest BCUT2D eigenvalue weighted by molar-refractivity contribution is 8.03. The summed E-state index contributed by atoms with van der Waals surface area (Å²) in [6.45, 7) is 0.765. The van der Waals surface area contributed by atoms with Crippen LogP contribution in [0.15, 0.2) is 32.9 Å². The molecule has 1 aromatic heterocycles. The van der Waals surface area contributed by atoms with E-state index >= 15 is 0 Å². The molecule has 3 rings (SSSR count). The Labute approximate surface area is 152 Å². The summed E-state index contributed by atoms with van der Waals surface area (Å²) in [6, 6.07) is 7.36. The lowest BCUT2D eigenvalue weighted by molar-refractivity contribution is -0.117. The van der Waals surface area contributed by atoms with Crippen molar-refractivity contribution in [3.05, 3.63) is 24.3 Å². The van der Waals surface area contributed by atoms with Gasteiger partial charge in [0.2, 0.25) is 11.8 Å². The summed E-state index contributed by atoms with van der Waals surface area (Å²) in [4.78, 5) is 25.5. The van der Waals surface area contributed by atoms with Crippen LogP contribution in [0.5, 0.6) is 0 Å². The van der Waals surface area contributed by atoms with E-state index in [0.29, 0.717) is 6.42 Å². The molecule has 0 saturated carbocycles. The van der Waals surface area contributed by atoms with Gasteiger partial charge in [0.1, 0.15) is 0 Å². The summed E-state index contributed by atoms with van der Waals surface area (Å²) in [5.41, 5.74) is 1.60. The molecule has 2 heterocycles. The largest absolute Gasteiger partial charge is 0.325 e. The number of amides is 2. The molecule has 2 amide bonds. The molecule has 0 radical (unpaired) electrons. The van der Waals surface area contributed by atoms with Gasteiger partial charge in [-0.2, -0.15) is 0 Å². The summed E-state index contributed by atoms with van der Waals surface area (Å²) in [5, 5.41) is 10.9. The fraction of sp³-hybridized carbons (Fsp3) is 0.333. The predicted octanol–water partition coefficient (Wildman–Crippen LogP) is 3.12. The minimum Gasteiger partial charge on any atom is -0.325 e. The Kier molecular flexibility index (Phi) is 5.75. The van der Waals surface area contributed by atoms with Crippen molar-refractivity contribution in [2.24, 2.45) is 0 Å². The molecule has 1 aliphatic rings. The molecule has 1 aliphatic heterocycles. The molecule has 2 aromatic rings. The van der Waals surface area contributed by atoms with E-state index in [1.54, 1.807) is 16.7 Å². The van der Waals surface area contributed by atoms with Gasteiger partial charge in [-0.25, -0.2) is 0 Å². The second-order valence-corrected chi connectivity index (χ2v) is 8.32. The van der Waals surface area contributed by atoms with Gasteiger partial charge in [-0.3, -0.25) is 9.59 Å². The second-order valence-electron chi connectivity index (χ2n) is 5.07. The lowest BCUT2D eigenvalue weighted by Gasteiger charge is -2.16. The molecule has 126 valence electrons. The van der Waals surface area contributed by atoms with E-state index in [9.17, 15) is 9.59 Å². The summed E-state index contributed by atoms with van der Waals surface area (Å²) < 4.78 is 1.68. The van der Waals surface area contributed by atoms with Crippen LogP contribution < -0.4 is 10.2 Å². The molecule has 0 spiro atoms. The number of aromatic nitrogens is 2. The number of thioether (sulfide) groups is 2. The van der Waals surface area contributed by atoms with Crippen molar-refractivity contribution >= 4 is 58.0 Å². The average Bonchev–Trinajstić information content (AvgIpc) is 3.22. The Balaban J connectivity index is 1.51. The van der Waals surface area contributed by atoms with E-state index in [1.165, 1.54) is 23.1 Å². The number of nitrogens with one attached hydrogen (secondary N) is 1. The van der Waals surface area contributed by atoms with Crippen LogP contribution in [0.3, 0.4) is 0 Å². The van der Waals surface area contributed by atoms with E-state index in [0.717, 1.165) is 33.0 Å². The summed E-state index contributed by atoms with van der Waals surface area (Å²) in [5.74, 6) is 0.353. The van der Waals surface area contributed by atoms with Crippen molar-refractivity contribution < 1.29 is 9.59 Å². The van der Waals surface area contributed by atoms with Crippen molar-refractivity contribution in [2.75, 3.05) is 28.8 Å². The van der Waals surface area contributed by atoms with Crippen molar-refractivity contribution in [3.8, 4) is 0 Å². The topological polar surface area (TPSA) is 75.2 Å². The number of hydrogen-bond donors (Lipinski definition) is 1. The molecule has 0 unspecified atom stereocenters. The van der Waals surface area contributed by atoms with Crippen LogP contribution in [0.4, 0.5) is 11.4 Å². The van der Waals surface area contributed by atoms with Gasteiger partial charge in [0, 0.05) is 24.3 Å². The third kappa shape index (κ3) is 4.28. The van der Waals surface area contributed by atoms with Crippen LogP contribution in [-0.2, 0) is 9.59 Å². The van der Waals surface area contributed by atoms with Crippen molar-refractivity contribution in [2.45, 2.75) is 21.5 Å². The quantitative estimate of drug-likeness (QED) is 0.776. The fourth-order valence-electron chi connectivity index (χ4n) is 2.31. The van der Waals surface area contributed by atoms with E-state index in [-0.39, 0.29) is 17.6 Å². The van der Waals surface area contributed by atoms with Gasteiger partial charge in [0.05, 0.1) is 5.75 Å². The Morgan fingerprint density at radius 3 is 2.67 bits per heavy atom. The fourth-order valence-corrected chi connectivity index (χ4v) is 4.55. The number of carbonyl (C=O) groups is 2. The lowest BCUT2D eigenvalue weighted by atomic mass is 10.2. The van der Waals surface area contributed by atoms with Gasteiger partial charge in [-0.15, -0.1) is 10.2 Å². The highest BCUT2D eigenvalue weighted by atomic mass is 32.2. The summed E-state index contributed by atoms with van der Waals surface area (Å²) >= 11 is 4.40. The lowest BCUT2D eigenvalue weighted by Crippen LogP contribution is -2.23. The zero-order chi connectivity index (χ0) is 16.9. The SMILES string of the molecule is CSc1nnc(SCC(=O)Nc2ccc(N3CCCC3=O)cc2)s1. The number of rotatable bonds is 6. The van der Waals surface area contributed by atoms with Crippen molar-refractivity contribution in [1.29, 1.82) is 0 Å². The smallest absolute Gasteiger partial charge is 0.234 e. The third-order valence-corrected chi connectivity index (χ3v) is 6.46. The van der Waals surface area contributed by atoms with E-state index < -0.39 is 0 Å². The number of nitrogens with zero attached hydrogens (tertiary/aromatic N) is 3. The number of carbonyl (C=O) groups excluding carboxylic acids is 2. The molecule has 24 heavy (non-hydrogen) atoms. The first-order valence-corrected chi connectivity index (χ1v) is 10.4. The van der Waals surface area contributed by atoms with E-state index in [2.05, 4.69) is 15.5 Å². The third-order valence-electron chi connectivity index (χ3n) is 3.43. The van der Waals surface area contributed by atoms with Crippen LogP contribution in [0.25, 0.3) is 0 Å². The Morgan fingerprint density at radius 2 is 2.04 bits per heavy atom. The van der Waals surface area contributed by atoms with Gasteiger partial charge in [0.15, 0.2) is 8.68 Å². The van der Waals surface area contributed by atoms with E-state index in [1.807, 2.05) is 30.5 Å². The zero-order valence-electron chi connectivity index (χ0n) is 13.0. The van der Waals surface area contributed by atoms with Gasteiger partial charge in [-0.05, 0) is 36.9 Å². The molecular formula is C15H16N4O2S3. The minimum atomic E-state index is -0.0918. The Hall–Kier alpha value is -1.58. The maximum atomic E-state index is 12.0. The molecule has 9 heteroatoms. The van der Waals surface area contributed by atoms with Gasteiger partial charge < -0.3 is 10.2 Å². The molecule has 0 atom stereocenters. The summed E-state index contributed by atoms with van der Waals surface area (Å²) in [6.07, 6.45) is 3.46. The van der Waals surface area contributed by atoms with Gasteiger partial charge >= 0.3 is 0 Å². The predicted molar refractivity (Wildman–Crippen MR) is 99.1 cm³/mol. The van der Waals surface area contributed by atoms with Gasteiger partial charge in [0.25, 0.3) is 0 Å². The van der Waals surface area contributed by atoms with Crippen LogP contribution in [0.1, 0.15) is 12.8 Å². The summed E-state index contributed by atoms with van der Waals surface area (Å²) in [7, 11) is 0. The van der Waals surface area contributed by atoms with Gasteiger partial charge in [-0.1, -0.05) is 34.9 Å². The molecule has 6 nitrogen and oxygen atoms in total. The number of anilines is 2. The van der Waals surface area contributed by atoms with Crippen molar-refractivity contribution in [1.82, 2.24) is 10.2 Å². The maximum absolute atomic E-state index is 12.0. The Morgan fingerprint density at radius 1 is 1.29 bits per heavy atom. The van der Waals surface area contributed by atoms with E-state index in [4.69, 9.17) is 0 Å². The van der Waals surface area contributed by atoms with Crippen molar-refractivity contribution in [3.63, 3.8) is 0 Å². The molecule has 0 bridgehead atoms. The maximum Gasteiger partial charge on any atom is 0.234 e. The normalized spacial score (nSPS) is 14.2. The minimum absolute atomic E-state index is 0.0918. The van der Waals surface area contributed by atoms with Crippen LogP contribution >= 0.6 is 34.9 Å².